The van der Waals surface area contributed by atoms with Gasteiger partial charge in [-0.05, 0) is 43.2 Å². The first-order valence-electron chi connectivity index (χ1n) is 7.82. The van der Waals surface area contributed by atoms with E-state index in [1.54, 1.807) is 43.1 Å². The number of fused-ring (bicyclic) bond motifs is 1. The van der Waals surface area contributed by atoms with Gasteiger partial charge in [0.15, 0.2) is 0 Å². The number of aliphatic hydroxyl groups excluding tert-OH is 1. The molecule has 0 aliphatic carbocycles. The van der Waals surface area contributed by atoms with E-state index in [1.165, 1.54) is 12.1 Å². The molecule has 0 bridgehead atoms. The van der Waals surface area contributed by atoms with Gasteiger partial charge in [-0.15, -0.1) is 0 Å². The van der Waals surface area contributed by atoms with Crippen molar-refractivity contribution < 1.29 is 19.0 Å². The Morgan fingerprint density at radius 3 is 2.67 bits per heavy atom. The summed E-state index contributed by atoms with van der Waals surface area (Å²) in [4.78, 5) is 18.5. The number of pyridine rings is 1. The van der Waals surface area contributed by atoms with Crippen molar-refractivity contribution in [1.82, 2.24) is 9.88 Å². The van der Waals surface area contributed by atoms with Crippen LogP contribution in [0.15, 0.2) is 36.5 Å². The highest BCUT2D eigenvalue weighted by Crippen LogP contribution is 2.31. The maximum absolute atomic E-state index is 13.0. The fourth-order valence-corrected chi connectivity index (χ4v) is 2.58. The maximum Gasteiger partial charge on any atom is 0.260 e. The molecule has 2 heterocycles. The molecule has 0 saturated heterocycles. The van der Waals surface area contributed by atoms with Crippen molar-refractivity contribution in [2.45, 2.75) is 39.1 Å². The van der Waals surface area contributed by atoms with Crippen LogP contribution < -0.4 is 4.74 Å². The minimum absolute atomic E-state index is 0.171. The van der Waals surface area contributed by atoms with E-state index in [1.807, 2.05) is 0 Å². The molecule has 2 aromatic rings. The predicted octanol–water partition coefficient (Wildman–Crippen LogP) is 2.52. The lowest BCUT2D eigenvalue weighted by molar-refractivity contribution is 0.0554. The lowest BCUT2D eigenvalue weighted by atomic mass is 10.2. The van der Waals surface area contributed by atoms with Crippen molar-refractivity contribution in [3.05, 3.63) is 59.0 Å². The average molecular weight is 330 g/mol. The van der Waals surface area contributed by atoms with Crippen LogP contribution >= 0.6 is 0 Å². The summed E-state index contributed by atoms with van der Waals surface area (Å²) in [5.41, 5.74) is 2.13. The molecular weight excluding hydrogens is 311 g/mol. The molecule has 3 rings (SSSR count). The molecule has 0 unspecified atom stereocenters. The number of aliphatic hydroxyl groups is 1. The van der Waals surface area contributed by atoms with Gasteiger partial charge in [-0.1, -0.05) is 12.1 Å². The molecule has 1 aliphatic rings. The van der Waals surface area contributed by atoms with Gasteiger partial charge in [0.1, 0.15) is 17.5 Å². The van der Waals surface area contributed by atoms with Gasteiger partial charge in [0.2, 0.25) is 5.88 Å². The van der Waals surface area contributed by atoms with Gasteiger partial charge >= 0.3 is 0 Å². The first-order valence-corrected chi connectivity index (χ1v) is 7.82. The topological polar surface area (TPSA) is 62.7 Å². The van der Waals surface area contributed by atoms with E-state index >= 15 is 0 Å². The van der Waals surface area contributed by atoms with E-state index in [2.05, 4.69) is 4.98 Å². The highest BCUT2D eigenvalue weighted by atomic mass is 19.1. The van der Waals surface area contributed by atoms with Crippen LogP contribution in [-0.2, 0) is 13.1 Å². The number of nitrogens with zero attached hydrogens (tertiary/aromatic N) is 2. The van der Waals surface area contributed by atoms with Crippen molar-refractivity contribution in [2.75, 3.05) is 0 Å². The van der Waals surface area contributed by atoms with Gasteiger partial charge < -0.3 is 14.7 Å². The summed E-state index contributed by atoms with van der Waals surface area (Å²) >= 11 is 0. The minimum Gasteiger partial charge on any atom is -0.471 e. The van der Waals surface area contributed by atoms with Crippen LogP contribution in [0.1, 0.15) is 35.3 Å². The van der Waals surface area contributed by atoms with Crippen molar-refractivity contribution in [2.24, 2.45) is 0 Å². The summed E-state index contributed by atoms with van der Waals surface area (Å²) in [5, 5.41) is 9.59. The summed E-state index contributed by atoms with van der Waals surface area (Å²) in [7, 11) is 0. The summed E-state index contributed by atoms with van der Waals surface area (Å²) in [6.45, 7) is 4.19. The molecule has 1 amide bonds. The average Bonchev–Trinajstić information content (AvgIpc) is 2.86. The maximum atomic E-state index is 13.0. The number of ether oxygens (including phenoxy) is 1. The number of halogens is 1. The zero-order valence-electron chi connectivity index (χ0n) is 13.6. The minimum atomic E-state index is -0.672. The van der Waals surface area contributed by atoms with E-state index in [9.17, 15) is 14.3 Å². The third-order valence-electron chi connectivity index (χ3n) is 4.13. The smallest absolute Gasteiger partial charge is 0.260 e. The zero-order valence-corrected chi connectivity index (χ0v) is 13.6. The Balaban J connectivity index is 1.81. The summed E-state index contributed by atoms with van der Waals surface area (Å²) in [6.07, 6.45) is 0.454. The van der Waals surface area contributed by atoms with Gasteiger partial charge in [0.05, 0.1) is 6.10 Å². The number of hydrogen-bond acceptors (Lipinski definition) is 4. The van der Waals surface area contributed by atoms with E-state index in [0.717, 1.165) is 11.1 Å². The van der Waals surface area contributed by atoms with E-state index in [0.29, 0.717) is 18.7 Å². The zero-order chi connectivity index (χ0) is 17.3. The van der Waals surface area contributed by atoms with Gasteiger partial charge in [-0.2, -0.15) is 0 Å². The number of amides is 1. The third kappa shape index (κ3) is 3.23. The molecule has 2 atom stereocenters. The van der Waals surface area contributed by atoms with Crippen LogP contribution in [-0.4, -0.2) is 33.1 Å². The molecule has 1 aromatic carbocycles. The van der Waals surface area contributed by atoms with Crippen LogP contribution in [0.25, 0.3) is 0 Å². The van der Waals surface area contributed by atoms with E-state index < -0.39 is 12.2 Å². The van der Waals surface area contributed by atoms with Crippen molar-refractivity contribution >= 4 is 5.91 Å². The fourth-order valence-electron chi connectivity index (χ4n) is 2.58. The van der Waals surface area contributed by atoms with Crippen LogP contribution in [0, 0.1) is 5.82 Å². The molecule has 6 heteroatoms. The van der Waals surface area contributed by atoms with E-state index in [4.69, 9.17) is 4.74 Å². The number of rotatable bonds is 5. The third-order valence-corrected chi connectivity index (χ3v) is 4.13. The second-order valence-electron chi connectivity index (χ2n) is 6.00. The molecular formula is C18H19FN2O3. The monoisotopic (exact) mass is 330 g/mol. The Labute approximate surface area is 139 Å². The van der Waals surface area contributed by atoms with Gasteiger partial charge in [0, 0.05) is 19.3 Å². The largest absolute Gasteiger partial charge is 0.471 e. The standard InChI is InChI=1S/C18H19FN2O3/c1-11(22)12(2)24-17-16-14(7-8-20-17)10-21(18(16)23)9-13-3-5-15(19)6-4-13/h3-8,11-12,22H,9-10H2,1-2H3/t11-,12-/m1/s1. The second kappa shape index (κ2) is 6.57. The first-order chi connectivity index (χ1) is 11.5. The number of aromatic nitrogens is 1. The second-order valence-corrected chi connectivity index (χ2v) is 6.00. The predicted molar refractivity (Wildman–Crippen MR) is 86.0 cm³/mol. The Kier molecular flexibility index (Phi) is 4.49. The SMILES string of the molecule is C[C@@H](O)[C@@H](C)Oc1nccc2c1C(=O)N(Cc1ccc(F)cc1)C2. The number of hydrogen-bond donors (Lipinski definition) is 1. The fraction of sp³-hybridized carbons (Fsp3) is 0.333. The van der Waals surface area contributed by atoms with E-state index in [-0.39, 0.29) is 17.6 Å². The lowest BCUT2D eigenvalue weighted by Gasteiger charge is -2.18. The van der Waals surface area contributed by atoms with Crippen LogP contribution in [0.4, 0.5) is 4.39 Å². The van der Waals surface area contributed by atoms with Crippen LogP contribution in [0.5, 0.6) is 5.88 Å². The molecule has 126 valence electrons. The quantitative estimate of drug-likeness (QED) is 0.915. The van der Waals surface area contributed by atoms with Gasteiger partial charge in [0.25, 0.3) is 5.91 Å². The van der Waals surface area contributed by atoms with Gasteiger partial charge in [-0.25, -0.2) is 9.37 Å². The van der Waals surface area contributed by atoms with Crippen molar-refractivity contribution in [3.63, 3.8) is 0 Å². The Bertz CT molecular complexity index is 746. The molecule has 1 N–H and O–H groups in total. The molecule has 1 aromatic heterocycles. The molecule has 0 fully saturated rings. The van der Waals surface area contributed by atoms with Crippen LogP contribution in [0.2, 0.25) is 0 Å². The first kappa shape index (κ1) is 16.4. The van der Waals surface area contributed by atoms with Crippen molar-refractivity contribution in [1.29, 1.82) is 0 Å². The number of carbonyl (C=O) groups is 1. The summed E-state index contributed by atoms with van der Waals surface area (Å²) in [5.74, 6) is -0.232. The normalized spacial score (nSPS) is 16.0. The Morgan fingerprint density at radius 2 is 2.00 bits per heavy atom. The van der Waals surface area contributed by atoms with Crippen LogP contribution in [0.3, 0.4) is 0 Å². The molecule has 0 saturated carbocycles. The Morgan fingerprint density at radius 1 is 1.29 bits per heavy atom. The lowest BCUT2D eigenvalue weighted by Crippen LogP contribution is -2.27. The number of benzene rings is 1. The highest BCUT2D eigenvalue weighted by Gasteiger charge is 2.32. The summed E-state index contributed by atoms with van der Waals surface area (Å²) in [6, 6.07) is 7.87. The van der Waals surface area contributed by atoms with Gasteiger partial charge in [-0.3, -0.25) is 4.79 Å². The molecule has 1 aliphatic heterocycles. The molecule has 5 nitrogen and oxygen atoms in total. The number of carbonyl (C=O) groups excluding carboxylic acids is 1. The molecule has 0 radical (unpaired) electrons. The van der Waals surface area contributed by atoms with Crippen molar-refractivity contribution in [3.8, 4) is 5.88 Å². The highest BCUT2D eigenvalue weighted by molar-refractivity contribution is 6.00. The summed E-state index contributed by atoms with van der Waals surface area (Å²) < 4.78 is 18.7. The Hall–Kier alpha value is -2.47. The molecule has 24 heavy (non-hydrogen) atoms. The molecule has 0 spiro atoms.